The Morgan fingerprint density at radius 3 is 2.86 bits per heavy atom. The van der Waals surface area contributed by atoms with Crippen LogP contribution in [0.2, 0.25) is 0 Å². The van der Waals surface area contributed by atoms with Crippen molar-refractivity contribution in [3.8, 4) is 11.4 Å². The summed E-state index contributed by atoms with van der Waals surface area (Å²) < 4.78 is 0.615. The number of H-pyrrole nitrogens is 1. The topological polar surface area (TPSA) is 93.4 Å². The number of halogens is 1. The average Bonchev–Trinajstić information content (AvgIpc) is 2.56. The van der Waals surface area contributed by atoms with Gasteiger partial charge in [0.15, 0.2) is 5.82 Å². The number of rotatable bonds is 1. The van der Waals surface area contributed by atoms with Crippen LogP contribution in [0.5, 0.6) is 0 Å². The van der Waals surface area contributed by atoms with E-state index in [1.54, 1.807) is 0 Å². The maximum Gasteiger partial charge on any atom is 0.151 e. The molecule has 0 bridgehead atoms. The molecule has 0 saturated carbocycles. The van der Waals surface area contributed by atoms with Gasteiger partial charge in [-0.25, -0.2) is 9.97 Å². The normalized spacial score (nSPS) is 10.4. The van der Waals surface area contributed by atoms with Crippen molar-refractivity contribution >= 4 is 21.7 Å². The Hall–Kier alpha value is -1.50. The summed E-state index contributed by atoms with van der Waals surface area (Å²) >= 11 is 3.22. The highest BCUT2D eigenvalue weighted by Crippen LogP contribution is 2.22. The molecule has 3 N–H and O–H groups in total. The molecular weight excluding hydrogens is 248 g/mol. The Labute approximate surface area is 88.1 Å². The Bertz CT molecular complexity index is 465. The number of nitrogens with two attached hydrogens (primary N) is 1. The average molecular weight is 255 g/mol. The number of anilines is 1. The lowest BCUT2D eigenvalue weighted by Crippen LogP contribution is -1.98. The maximum absolute atomic E-state index is 5.67. The molecule has 2 rings (SSSR count). The van der Waals surface area contributed by atoms with Gasteiger partial charge < -0.3 is 5.73 Å². The predicted octanol–water partition coefficient (Wildman–Crippen LogP) is 0.915. The first-order chi connectivity index (χ1) is 6.68. The number of hydrogen-bond acceptors (Lipinski definition) is 5. The second-order valence-corrected chi connectivity index (χ2v) is 3.52. The van der Waals surface area contributed by atoms with Crippen molar-refractivity contribution in [1.82, 2.24) is 25.4 Å². The molecular formula is C7H7BrN6. The monoisotopic (exact) mass is 254 g/mol. The molecule has 0 aromatic carbocycles. The van der Waals surface area contributed by atoms with E-state index in [1.807, 2.05) is 6.92 Å². The number of nitrogens with one attached hydrogen (secondary N) is 1. The van der Waals surface area contributed by atoms with Gasteiger partial charge in [-0.2, -0.15) is 0 Å². The molecule has 0 aliphatic heterocycles. The fourth-order valence-corrected chi connectivity index (χ4v) is 1.33. The molecule has 7 heteroatoms. The maximum atomic E-state index is 5.67. The third-order valence-electron chi connectivity index (χ3n) is 1.72. The van der Waals surface area contributed by atoms with Crippen LogP contribution in [0.3, 0.4) is 0 Å². The number of nitrogens with zero attached hydrogens (tertiary/aromatic N) is 4. The molecule has 0 unspecified atom stereocenters. The molecule has 72 valence electrons. The second kappa shape index (κ2) is 3.33. The first-order valence-electron chi connectivity index (χ1n) is 3.84. The zero-order chi connectivity index (χ0) is 10.1. The van der Waals surface area contributed by atoms with Gasteiger partial charge in [-0.15, -0.1) is 5.10 Å². The molecule has 0 amide bonds. The van der Waals surface area contributed by atoms with Gasteiger partial charge in [0, 0.05) is 0 Å². The van der Waals surface area contributed by atoms with Crippen LogP contribution in [0, 0.1) is 6.92 Å². The van der Waals surface area contributed by atoms with Crippen molar-refractivity contribution in [3.63, 3.8) is 0 Å². The molecule has 0 aliphatic carbocycles. The van der Waals surface area contributed by atoms with Gasteiger partial charge in [0.2, 0.25) is 0 Å². The van der Waals surface area contributed by atoms with Gasteiger partial charge in [-0.3, -0.25) is 5.10 Å². The van der Waals surface area contributed by atoms with E-state index < -0.39 is 0 Å². The van der Waals surface area contributed by atoms with E-state index >= 15 is 0 Å². The predicted molar refractivity (Wildman–Crippen MR) is 54.3 cm³/mol. The molecule has 0 aliphatic rings. The molecule has 0 fully saturated rings. The fourth-order valence-electron chi connectivity index (χ4n) is 1.05. The number of aromatic nitrogens is 5. The van der Waals surface area contributed by atoms with E-state index in [0.29, 0.717) is 21.8 Å². The smallest absolute Gasteiger partial charge is 0.151 e. The molecule has 0 atom stereocenters. The summed E-state index contributed by atoms with van der Waals surface area (Å²) in [6.07, 6.45) is 1.54. The summed E-state index contributed by atoms with van der Waals surface area (Å²) in [6, 6.07) is 0. The largest absolute Gasteiger partial charge is 0.382 e. The van der Waals surface area contributed by atoms with Crippen LogP contribution in [-0.4, -0.2) is 25.4 Å². The Balaban J connectivity index is 2.62. The first-order valence-corrected chi connectivity index (χ1v) is 4.64. The second-order valence-electron chi connectivity index (χ2n) is 2.71. The van der Waals surface area contributed by atoms with Crippen LogP contribution in [0.4, 0.5) is 5.82 Å². The summed E-state index contributed by atoms with van der Waals surface area (Å²) in [4.78, 5) is 8.15. The molecule has 0 radical (unpaired) electrons. The number of aryl methyl sites for hydroxylation is 1. The molecule has 2 aromatic heterocycles. The van der Waals surface area contributed by atoms with Gasteiger partial charge in [0.25, 0.3) is 0 Å². The lowest BCUT2D eigenvalue weighted by atomic mass is 10.2. The highest BCUT2D eigenvalue weighted by molar-refractivity contribution is 9.10. The van der Waals surface area contributed by atoms with Crippen LogP contribution in [0.1, 0.15) is 5.69 Å². The van der Waals surface area contributed by atoms with E-state index in [1.165, 1.54) is 6.20 Å². The van der Waals surface area contributed by atoms with Gasteiger partial charge in [0.05, 0.1) is 11.9 Å². The molecule has 6 nitrogen and oxygen atoms in total. The molecule has 2 heterocycles. The van der Waals surface area contributed by atoms with Crippen LogP contribution in [0.15, 0.2) is 10.8 Å². The summed E-state index contributed by atoms with van der Waals surface area (Å²) in [6.45, 7) is 1.84. The summed E-state index contributed by atoms with van der Waals surface area (Å²) in [5.74, 6) is 0.338. The third-order valence-corrected chi connectivity index (χ3v) is 2.10. The quantitative estimate of drug-likeness (QED) is 0.790. The SMILES string of the molecule is Cc1[nH]nnc1-c1nc(Br)cnc1N. The van der Waals surface area contributed by atoms with Gasteiger partial charge in [0.1, 0.15) is 16.0 Å². The molecule has 14 heavy (non-hydrogen) atoms. The van der Waals surface area contributed by atoms with Crippen LogP contribution in [0.25, 0.3) is 11.4 Å². The minimum Gasteiger partial charge on any atom is -0.382 e. The van der Waals surface area contributed by atoms with E-state index in [2.05, 4.69) is 41.3 Å². The number of aromatic amines is 1. The van der Waals surface area contributed by atoms with Crippen molar-refractivity contribution in [1.29, 1.82) is 0 Å². The zero-order valence-electron chi connectivity index (χ0n) is 7.32. The Morgan fingerprint density at radius 1 is 1.43 bits per heavy atom. The van der Waals surface area contributed by atoms with Crippen molar-refractivity contribution in [3.05, 3.63) is 16.5 Å². The lowest BCUT2D eigenvalue weighted by molar-refractivity contribution is 0.928. The third kappa shape index (κ3) is 1.46. The highest BCUT2D eigenvalue weighted by atomic mass is 79.9. The molecule has 0 spiro atoms. The van der Waals surface area contributed by atoms with E-state index in [-0.39, 0.29) is 0 Å². The minimum absolute atomic E-state index is 0.338. The standard InChI is InChI=1S/C7H7BrN6/c1-3-5(13-14-12-3)6-7(9)10-2-4(8)11-6/h2H,1H3,(H2,9,10)(H,12,13,14). The van der Waals surface area contributed by atoms with E-state index in [9.17, 15) is 0 Å². The lowest BCUT2D eigenvalue weighted by Gasteiger charge is -2.00. The van der Waals surface area contributed by atoms with Crippen molar-refractivity contribution in [2.75, 3.05) is 5.73 Å². The van der Waals surface area contributed by atoms with E-state index in [0.717, 1.165) is 5.69 Å². The van der Waals surface area contributed by atoms with E-state index in [4.69, 9.17) is 5.73 Å². The van der Waals surface area contributed by atoms with Gasteiger partial charge in [-0.1, -0.05) is 5.21 Å². The summed E-state index contributed by atoms with van der Waals surface area (Å²) in [5, 5.41) is 10.2. The summed E-state index contributed by atoms with van der Waals surface area (Å²) in [5.41, 5.74) is 7.64. The first kappa shape index (κ1) is 9.07. The highest BCUT2D eigenvalue weighted by Gasteiger charge is 2.12. The van der Waals surface area contributed by atoms with Crippen molar-refractivity contribution < 1.29 is 0 Å². The van der Waals surface area contributed by atoms with Crippen LogP contribution >= 0.6 is 15.9 Å². The number of nitrogen functional groups attached to an aromatic ring is 1. The molecule has 2 aromatic rings. The van der Waals surface area contributed by atoms with Gasteiger partial charge in [-0.05, 0) is 22.9 Å². The van der Waals surface area contributed by atoms with Crippen molar-refractivity contribution in [2.24, 2.45) is 0 Å². The molecule has 0 saturated heterocycles. The van der Waals surface area contributed by atoms with Crippen LogP contribution < -0.4 is 5.73 Å². The Morgan fingerprint density at radius 2 is 2.21 bits per heavy atom. The summed E-state index contributed by atoms with van der Waals surface area (Å²) in [7, 11) is 0. The van der Waals surface area contributed by atoms with Crippen LogP contribution in [-0.2, 0) is 0 Å². The van der Waals surface area contributed by atoms with Crippen molar-refractivity contribution in [2.45, 2.75) is 6.92 Å². The van der Waals surface area contributed by atoms with Gasteiger partial charge >= 0.3 is 0 Å². The fraction of sp³-hybridized carbons (Fsp3) is 0.143. The number of hydrogen-bond donors (Lipinski definition) is 2. The zero-order valence-corrected chi connectivity index (χ0v) is 8.91. The Kier molecular flexibility index (Phi) is 2.16. The minimum atomic E-state index is 0.338.